The number of phenolic OH excluding ortho intramolecular Hbond substituents is 1. The Hall–Kier alpha value is -1.90. The summed E-state index contributed by atoms with van der Waals surface area (Å²) >= 11 is 5.86. The largest absolute Gasteiger partial charge is 0.508 e. The molecule has 2 N–H and O–H groups in total. The van der Waals surface area contributed by atoms with Gasteiger partial charge in [-0.3, -0.25) is 0 Å². The van der Waals surface area contributed by atoms with E-state index < -0.39 is 0 Å². The number of nitrogens with one attached hydrogen (secondary N) is 1. The van der Waals surface area contributed by atoms with Crippen LogP contribution in [0.2, 0.25) is 5.02 Å². The number of anilines is 1. The summed E-state index contributed by atoms with van der Waals surface area (Å²) in [5.41, 5.74) is 1.87. The molecule has 0 aliphatic rings. The number of hydrogen-bond donors (Lipinski definition) is 2. The Balaban J connectivity index is 0.00000161. The first-order chi connectivity index (χ1) is 9.74. The fourth-order valence-electron chi connectivity index (χ4n) is 2.27. The summed E-state index contributed by atoms with van der Waals surface area (Å²) in [6, 6.07) is 19.2. The number of aromatic hydroxyl groups is 1. The van der Waals surface area contributed by atoms with E-state index in [1.807, 2.05) is 54.6 Å². The highest BCUT2D eigenvalue weighted by atomic mass is 35.5. The molecule has 0 amide bonds. The van der Waals surface area contributed by atoms with E-state index in [0.29, 0.717) is 17.3 Å². The molecule has 21 heavy (non-hydrogen) atoms. The first-order valence-electron chi connectivity index (χ1n) is 6.43. The Morgan fingerprint density at radius 1 is 0.905 bits per heavy atom. The van der Waals surface area contributed by atoms with E-state index in [0.717, 1.165) is 22.0 Å². The second kappa shape index (κ2) is 6.70. The average molecular weight is 320 g/mol. The van der Waals surface area contributed by atoms with Gasteiger partial charge in [-0.1, -0.05) is 41.9 Å². The average Bonchev–Trinajstić information content (AvgIpc) is 2.48. The number of hydrogen-bond acceptors (Lipinski definition) is 2. The molecule has 2 nitrogen and oxygen atoms in total. The monoisotopic (exact) mass is 319 g/mol. The lowest BCUT2D eigenvalue weighted by atomic mass is 10.0. The van der Waals surface area contributed by atoms with E-state index >= 15 is 0 Å². The van der Waals surface area contributed by atoms with Crippen LogP contribution in [0.15, 0.2) is 60.7 Å². The maximum Gasteiger partial charge on any atom is 0.121 e. The van der Waals surface area contributed by atoms with Gasteiger partial charge in [0.25, 0.3) is 0 Å². The summed E-state index contributed by atoms with van der Waals surface area (Å²) in [6.45, 7) is 0.564. The van der Waals surface area contributed by atoms with Crippen molar-refractivity contribution in [3.63, 3.8) is 0 Å². The minimum atomic E-state index is 0. The van der Waals surface area contributed by atoms with Gasteiger partial charge >= 0.3 is 0 Å². The van der Waals surface area contributed by atoms with Gasteiger partial charge in [0, 0.05) is 22.8 Å². The molecular weight excluding hydrogens is 305 g/mol. The molecule has 108 valence electrons. The van der Waals surface area contributed by atoms with Gasteiger partial charge in [0.1, 0.15) is 5.75 Å². The minimum Gasteiger partial charge on any atom is -0.508 e. The van der Waals surface area contributed by atoms with Crippen LogP contribution in [-0.4, -0.2) is 5.11 Å². The summed E-state index contributed by atoms with van der Waals surface area (Å²) in [7, 11) is 0. The van der Waals surface area contributed by atoms with Crippen LogP contribution in [-0.2, 0) is 6.54 Å². The van der Waals surface area contributed by atoms with Gasteiger partial charge in [0.15, 0.2) is 0 Å². The van der Waals surface area contributed by atoms with Crippen LogP contribution in [0.1, 0.15) is 5.56 Å². The fourth-order valence-corrected chi connectivity index (χ4v) is 2.39. The minimum absolute atomic E-state index is 0. The lowest BCUT2D eigenvalue weighted by Gasteiger charge is -2.11. The number of benzene rings is 3. The van der Waals surface area contributed by atoms with Gasteiger partial charge in [0.2, 0.25) is 0 Å². The highest BCUT2D eigenvalue weighted by molar-refractivity contribution is 6.30. The third kappa shape index (κ3) is 3.41. The van der Waals surface area contributed by atoms with Crippen LogP contribution in [0.5, 0.6) is 5.75 Å². The maximum atomic E-state index is 10.1. The molecule has 0 fully saturated rings. The molecule has 0 aromatic heterocycles. The number of fused-ring (bicyclic) bond motifs is 1. The number of phenols is 1. The molecule has 0 saturated heterocycles. The van der Waals surface area contributed by atoms with E-state index in [9.17, 15) is 5.11 Å². The topological polar surface area (TPSA) is 32.3 Å². The van der Waals surface area contributed by atoms with Gasteiger partial charge in [-0.2, -0.15) is 0 Å². The van der Waals surface area contributed by atoms with E-state index in [-0.39, 0.29) is 12.4 Å². The van der Waals surface area contributed by atoms with Crippen molar-refractivity contribution in [1.29, 1.82) is 0 Å². The molecule has 0 aliphatic carbocycles. The van der Waals surface area contributed by atoms with E-state index in [1.165, 1.54) is 0 Å². The van der Waals surface area contributed by atoms with Crippen LogP contribution in [0, 0.1) is 0 Å². The standard InChI is InChI=1S/C17H14ClNO.ClH/c18-13-6-8-14(9-7-13)19-11-16-15-4-2-1-3-12(15)5-10-17(16)20;/h1-10,19-20H,11H2;1H. The molecule has 0 radical (unpaired) electrons. The van der Waals surface area contributed by atoms with Crippen molar-refractivity contribution in [2.75, 3.05) is 5.32 Å². The Bertz CT molecular complexity index is 741. The summed E-state index contributed by atoms with van der Waals surface area (Å²) in [5, 5.41) is 16.3. The van der Waals surface area contributed by atoms with Crippen LogP contribution < -0.4 is 5.32 Å². The second-order valence-corrected chi connectivity index (χ2v) is 5.08. The van der Waals surface area contributed by atoms with Crippen molar-refractivity contribution in [1.82, 2.24) is 0 Å². The predicted molar refractivity (Wildman–Crippen MR) is 91.6 cm³/mol. The highest BCUT2D eigenvalue weighted by Crippen LogP contribution is 2.28. The summed E-state index contributed by atoms with van der Waals surface area (Å²) in [6.07, 6.45) is 0. The maximum absolute atomic E-state index is 10.1. The Morgan fingerprint density at radius 2 is 1.62 bits per heavy atom. The van der Waals surface area contributed by atoms with Crippen LogP contribution >= 0.6 is 24.0 Å². The van der Waals surface area contributed by atoms with E-state index in [2.05, 4.69) is 5.32 Å². The highest BCUT2D eigenvalue weighted by Gasteiger charge is 2.06. The van der Waals surface area contributed by atoms with Crippen molar-refractivity contribution in [3.05, 3.63) is 71.2 Å². The van der Waals surface area contributed by atoms with Crippen LogP contribution in [0.3, 0.4) is 0 Å². The van der Waals surface area contributed by atoms with Crippen molar-refractivity contribution in [3.8, 4) is 5.75 Å². The first kappa shape index (κ1) is 15.5. The van der Waals surface area contributed by atoms with Crippen molar-refractivity contribution in [2.24, 2.45) is 0 Å². The van der Waals surface area contributed by atoms with Gasteiger partial charge in [-0.15, -0.1) is 12.4 Å². The lowest BCUT2D eigenvalue weighted by molar-refractivity contribution is 0.470. The predicted octanol–water partition coefficient (Wildman–Crippen LogP) is 5.23. The molecule has 4 heteroatoms. The second-order valence-electron chi connectivity index (χ2n) is 4.64. The third-order valence-electron chi connectivity index (χ3n) is 3.33. The quantitative estimate of drug-likeness (QED) is 0.692. The Labute approximate surface area is 134 Å². The Morgan fingerprint density at radius 3 is 2.38 bits per heavy atom. The zero-order chi connectivity index (χ0) is 13.9. The van der Waals surface area contributed by atoms with Gasteiger partial charge < -0.3 is 10.4 Å². The smallest absolute Gasteiger partial charge is 0.121 e. The van der Waals surface area contributed by atoms with Gasteiger partial charge in [-0.05, 0) is 41.1 Å². The molecule has 0 unspecified atom stereocenters. The van der Waals surface area contributed by atoms with Crippen LogP contribution in [0.25, 0.3) is 10.8 Å². The molecule has 3 aromatic carbocycles. The lowest BCUT2D eigenvalue weighted by Crippen LogP contribution is -2.00. The molecular formula is C17H15Cl2NO. The molecule has 0 saturated carbocycles. The van der Waals surface area contributed by atoms with E-state index in [4.69, 9.17) is 11.6 Å². The zero-order valence-corrected chi connectivity index (χ0v) is 12.8. The summed E-state index contributed by atoms with van der Waals surface area (Å²) in [4.78, 5) is 0. The Kier molecular flexibility index (Phi) is 4.94. The van der Waals surface area contributed by atoms with Crippen molar-refractivity contribution >= 4 is 40.5 Å². The van der Waals surface area contributed by atoms with Gasteiger partial charge in [0.05, 0.1) is 0 Å². The fraction of sp³-hybridized carbons (Fsp3) is 0.0588. The molecule has 0 atom stereocenters. The normalized spacial score (nSPS) is 10.1. The SMILES string of the molecule is Cl.Oc1ccc2ccccc2c1CNc1ccc(Cl)cc1. The van der Waals surface area contributed by atoms with Gasteiger partial charge in [-0.25, -0.2) is 0 Å². The molecule has 0 heterocycles. The van der Waals surface area contributed by atoms with Crippen molar-refractivity contribution < 1.29 is 5.11 Å². The van der Waals surface area contributed by atoms with E-state index in [1.54, 1.807) is 6.07 Å². The number of rotatable bonds is 3. The third-order valence-corrected chi connectivity index (χ3v) is 3.58. The molecule has 3 rings (SSSR count). The molecule has 0 aliphatic heterocycles. The summed E-state index contributed by atoms with van der Waals surface area (Å²) in [5.74, 6) is 0.310. The summed E-state index contributed by atoms with van der Waals surface area (Å²) < 4.78 is 0. The molecule has 3 aromatic rings. The van der Waals surface area contributed by atoms with Crippen molar-refractivity contribution in [2.45, 2.75) is 6.54 Å². The molecule has 0 bridgehead atoms. The molecule has 0 spiro atoms. The van der Waals surface area contributed by atoms with Crippen LogP contribution in [0.4, 0.5) is 5.69 Å². The number of halogens is 2. The first-order valence-corrected chi connectivity index (χ1v) is 6.81. The zero-order valence-electron chi connectivity index (χ0n) is 11.2.